The molecule has 0 aromatic heterocycles. The maximum absolute atomic E-state index is 11.7. The second kappa shape index (κ2) is 7.29. The molecule has 116 valence electrons. The van der Waals surface area contributed by atoms with Crippen molar-refractivity contribution in [3.8, 4) is 0 Å². The molecule has 2 N–H and O–H groups in total. The fraction of sp³-hybridized carbons (Fsp3) is 0.214. The van der Waals surface area contributed by atoms with Crippen LogP contribution in [0.5, 0.6) is 0 Å². The number of rotatable bonds is 5. The first kappa shape index (κ1) is 16.3. The summed E-state index contributed by atoms with van der Waals surface area (Å²) in [6.07, 6.45) is 2.85. The molecular weight excluding hydrogens is 329 g/mol. The molecular formula is C14H13Cl2N3O3. The van der Waals surface area contributed by atoms with Crippen LogP contribution in [0.1, 0.15) is 5.56 Å². The lowest BCUT2D eigenvalue weighted by Gasteiger charge is -2.11. The Kier molecular flexibility index (Phi) is 5.41. The van der Waals surface area contributed by atoms with Crippen molar-refractivity contribution in [2.45, 2.75) is 0 Å². The highest BCUT2D eigenvalue weighted by molar-refractivity contribution is 6.34. The zero-order chi connectivity index (χ0) is 16.1. The smallest absolute Gasteiger partial charge is 0.324 e. The minimum Gasteiger partial charge on any atom is -0.351 e. The normalized spacial score (nSPS) is 14.5. The number of amides is 4. The Morgan fingerprint density at radius 3 is 2.82 bits per heavy atom. The fourth-order valence-corrected chi connectivity index (χ4v) is 2.20. The Bertz CT molecular complexity index is 630. The second-order valence-electron chi connectivity index (χ2n) is 4.49. The maximum Gasteiger partial charge on any atom is 0.324 e. The van der Waals surface area contributed by atoms with E-state index < -0.39 is 6.03 Å². The molecule has 0 radical (unpaired) electrons. The third-order valence-electron chi connectivity index (χ3n) is 2.94. The molecule has 0 unspecified atom stereocenters. The van der Waals surface area contributed by atoms with Gasteiger partial charge in [0.2, 0.25) is 11.8 Å². The van der Waals surface area contributed by atoms with Crippen LogP contribution in [0.4, 0.5) is 4.79 Å². The van der Waals surface area contributed by atoms with Crippen molar-refractivity contribution in [2.75, 3.05) is 19.6 Å². The Hall–Kier alpha value is -2.05. The summed E-state index contributed by atoms with van der Waals surface area (Å²) in [5, 5.41) is 5.97. The Labute approximate surface area is 137 Å². The number of halogens is 2. The molecule has 22 heavy (non-hydrogen) atoms. The minimum atomic E-state index is -0.444. The average molecular weight is 342 g/mol. The number of carbonyl (C=O) groups is 3. The van der Waals surface area contributed by atoms with Gasteiger partial charge in [-0.05, 0) is 29.8 Å². The number of hydrogen-bond acceptors (Lipinski definition) is 3. The molecule has 0 aliphatic carbocycles. The lowest BCUT2D eigenvalue weighted by Crippen LogP contribution is -2.38. The summed E-state index contributed by atoms with van der Waals surface area (Å²) < 4.78 is 0. The standard InChI is InChI=1S/C14H13Cl2N3O3/c15-10-2-3-11(16)9(7-10)1-4-12(20)17-5-6-19-13(21)8-18-14(19)22/h1-4,7H,5-6,8H2,(H,17,20)(H,18,22)/b4-1+. The number of carbonyl (C=O) groups excluding carboxylic acids is 3. The summed E-state index contributed by atoms with van der Waals surface area (Å²) in [4.78, 5) is 35.3. The van der Waals surface area contributed by atoms with Gasteiger partial charge in [-0.2, -0.15) is 0 Å². The van der Waals surface area contributed by atoms with E-state index in [1.54, 1.807) is 18.2 Å². The molecule has 1 saturated heterocycles. The third kappa shape index (κ3) is 4.22. The van der Waals surface area contributed by atoms with E-state index in [0.29, 0.717) is 15.6 Å². The van der Waals surface area contributed by atoms with E-state index in [1.807, 2.05) is 0 Å². The highest BCUT2D eigenvalue weighted by atomic mass is 35.5. The van der Waals surface area contributed by atoms with Crippen molar-refractivity contribution >= 4 is 47.1 Å². The number of urea groups is 1. The number of hydrogen-bond donors (Lipinski definition) is 2. The molecule has 1 heterocycles. The van der Waals surface area contributed by atoms with Crippen molar-refractivity contribution in [3.63, 3.8) is 0 Å². The van der Waals surface area contributed by atoms with Gasteiger partial charge < -0.3 is 10.6 Å². The topological polar surface area (TPSA) is 78.5 Å². The number of imide groups is 1. The summed E-state index contributed by atoms with van der Waals surface area (Å²) in [6, 6.07) is 4.49. The van der Waals surface area contributed by atoms with Crippen LogP contribution in [0.2, 0.25) is 10.0 Å². The van der Waals surface area contributed by atoms with Crippen LogP contribution in [0.15, 0.2) is 24.3 Å². The van der Waals surface area contributed by atoms with Gasteiger partial charge in [-0.25, -0.2) is 4.79 Å². The van der Waals surface area contributed by atoms with E-state index in [2.05, 4.69) is 10.6 Å². The van der Waals surface area contributed by atoms with Crippen molar-refractivity contribution in [1.29, 1.82) is 0 Å². The van der Waals surface area contributed by atoms with Crippen LogP contribution in [0, 0.1) is 0 Å². The Balaban J connectivity index is 1.83. The molecule has 1 fully saturated rings. The SMILES string of the molecule is O=C(/C=C/c1cc(Cl)ccc1Cl)NCCN1C(=O)CNC1=O. The molecule has 0 saturated carbocycles. The molecule has 4 amide bonds. The van der Waals surface area contributed by atoms with Gasteiger partial charge in [-0.15, -0.1) is 0 Å². The van der Waals surface area contributed by atoms with Crippen LogP contribution >= 0.6 is 23.2 Å². The highest BCUT2D eigenvalue weighted by Gasteiger charge is 2.27. The lowest BCUT2D eigenvalue weighted by atomic mass is 10.2. The molecule has 2 rings (SSSR count). The fourth-order valence-electron chi connectivity index (χ4n) is 1.84. The molecule has 1 aliphatic rings. The van der Waals surface area contributed by atoms with Crippen LogP contribution in [0.3, 0.4) is 0 Å². The summed E-state index contributed by atoms with van der Waals surface area (Å²) >= 11 is 11.8. The summed E-state index contributed by atoms with van der Waals surface area (Å²) in [5.74, 6) is -0.663. The molecule has 1 aliphatic heterocycles. The predicted molar refractivity (Wildman–Crippen MR) is 83.6 cm³/mol. The van der Waals surface area contributed by atoms with Crippen LogP contribution in [-0.2, 0) is 9.59 Å². The van der Waals surface area contributed by atoms with Crippen molar-refractivity contribution in [3.05, 3.63) is 39.9 Å². The molecule has 0 spiro atoms. The number of benzene rings is 1. The summed E-state index contributed by atoms with van der Waals surface area (Å²) in [7, 11) is 0. The van der Waals surface area contributed by atoms with E-state index >= 15 is 0 Å². The van der Waals surface area contributed by atoms with Gasteiger partial charge in [-0.1, -0.05) is 23.2 Å². The number of nitrogens with zero attached hydrogens (tertiary/aromatic N) is 1. The van der Waals surface area contributed by atoms with Gasteiger partial charge in [0.15, 0.2) is 0 Å². The van der Waals surface area contributed by atoms with Crippen molar-refractivity contribution in [2.24, 2.45) is 0 Å². The molecule has 1 aromatic carbocycles. The largest absolute Gasteiger partial charge is 0.351 e. The third-order valence-corrected chi connectivity index (χ3v) is 3.52. The minimum absolute atomic E-state index is 0.0000514. The van der Waals surface area contributed by atoms with Crippen molar-refractivity contribution < 1.29 is 14.4 Å². The molecule has 0 bridgehead atoms. The van der Waals surface area contributed by atoms with Gasteiger partial charge >= 0.3 is 6.03 Å². The first-order valence-electron chi connectivity index (χ1n) is 6.46. The molecule has 1 aromatic rings. The lowest BCUT2D eigenvalue weighted by molar-refractivity contribution is -0.125. The monoisotopic (exact) mass is 341 g/mol. The van der Waals surface area contributed by atoms with Gasteiger partial charge in [0.05, 0.1) is 6.54 Å². The number of nitrogens with one attached hydrogen (secondary N) is 2. The van der Waals surface area contributed by atoms with E-state index in [-0.39, 0.29) is 31.4 Å². The van der Waals surface area contributed by atoms with E-state index in [1.165, 1.54) is 12.2 Å². The van der Waals surface area contributed by atoms with Gasteiger partial charge in [-0.3, -0.25) is 14.5 Å². The van der Waals surface area contributed by atoms with Gasteiger partial charge in [0, 0.05) is 29.2 Å². The first-order valence-corrected chi connectivity index (χ1v) is 7.22. The summed E-state index contributed by atoms with van der Waals surface area (Å²) in [5.41, 5.74) is 0.624. The highest BCUT2D eigenvalue weighted by Crippen LogP contribution is 2.21. The zero-order valence-electron chi connectivity index (χ0n) is 11.4. The average Bonchev–Trinajstić information content (AvgIpc) is 2.80. The van der Waals surface area contributed by atoms with Gasteiger partial charge in [0.1, 0.15) is 0 Å². The Morgan fingerprint density at radius 1 is 1.36 bits per heavy atom. The first-order chi connectivity index (χ1) is 10.5. The molecule has 8 heteroatoms. The second-order valence-corrected chi connectivity index (χ2v) is 5.34. The predicted octanol–water partition coefficient (Wildman–Crippen LogP) is 1.67. The Morgan fingerprint density at radius 2 is 2.14 bits per heavy atom. The van der Waals surface area contributed by atoms with E-state index in [4.69, 9.17) is 23.2 Å². The summed E-state index contributed by atoms with van der Waals surface area (Å²) in [6.45, 7) is 0.299. The van der Waals surface area contributed by atoms with Crippen LogP contribution in [0.25, 0.3) is 6.08 Å². The quantitative estimate of drug-likeness (QED) is 0.631. The van der Waals surface area contributed by atoms with Crippen molar-refractivity contribution in [1.82, 2.24) is 15.5 Å². The van der Waals surface area contributed by atoms with Crippen LogP contribution in [-0.4, -0.2) is 42.4 Å². The van der Waals surface area contributed by atoms with E-state index in [9.17, 15) is 14.4 Å². The molecule has 6 nitrogen and oxygen atoms in total. The molecule has 0 atom stereocenters. The van der Waals surface area contributed by atoms with Gasteiger partial charge in [0.25, 0.3) is 0 Å². The zero-order valence-corrected chi connectivity index (χ0v) is 12.9. The maximum atomic E-state index is 11.7. The van der Waals surface area contributed by atoms with E-state index in [0.717, 1.165) is 4.90 Å². The van der Waals surface area contributed by atoms with Crippen LogP contribution < -0.4 is 10.6 Å².